The van der Waals surface area contributed by atoms with E-state index in [1.807, 2.05) is 12.1 Å². The van der Waals surface area contributed by atoms with E-state index in [0.717, 1.165) is 22.1 Å². The van der Waals surface area contributed by atoms with Crippen LogP contribution in [0.4, 0.5) is 5.69 Å². The lowest BCUT2D eigenvalue weighted by molar-refractivity contribution is 0.462. The molecule has 0 aliphatic rings. The van der Waals surface area contributed by atoms with E-state index in [9.17, 15) is 5.11 Å². The lowest BCUT2D eigenvalue weighted by atomic mass is 10.0. The molecule has 0 aromatic heterocycles. The fraction of sp³-hybridized carbons (Fsp3) is 0.294. The third-order valence-electron chi connectivity index (χ3n) is 3.50. The molecule has 3 heteroatoms. The van der Waals surface area contributed by atoms with Crippen molar-refractivity contribution in [1.29, 1.82) is 0 Å². The van der Waals surface area contributed by atoms with E-state index in [1.54, 1.807) is 6.07 Å². The molecule has 0 saturated carbocycles. The number of halogens is 1. The van der Waals surface area contributed by atoms with Crippen LogP contribution in [-0.4, -0.2) is 5.11 Å². The molecule has 0 radical (unpaired) electrons. The lowest BCUT2D eigenvalue weighted by Crippen LogP contribution is -2.11. The van der Waals surface area contributed by atoms with Crippen LogP contribution in [0.5, 0.6) is 5.75 Å². The molecule has 0 aliphatic carbocycles. The van der Waals surface area contributed by atoms with E-state index in [1.165, 1.54) is 11.1 Å². The molecule has 1 unspecified atom stereocenters. The number of phenols is 1. The SMILES string of the molecule is CCC(Nc1cc(C)ccc1C)c1cc(Br)ccc1O. The number of rotatable bonds is 4. The van der Waals surface area contributed by atoms with Crippen LogP contribution in [0.25, 0.3) is 0 Å². The highest BCUT2D eigenvalue weighted by Crippen LogP contribution is 2.32. The number of anilines is 1. The molecule has 106 valence electrons. The predicted molar refractivity (Wildman–Crippen MR) is 88.4 cm³/mol. The molecule has 0 amide bonds. The van der Waals surface area contributed by atoms with Crippen molar-refractivity contribution in [2.45, 2.75) is 33.2 Å². The van der Waals surface area contributed by atoms with Crippen LogP contribution in [0.15, 0.2) is 40.9 Å². The number of aromatic hydroxyl groups is 1. The average molecular weight is 334 g/mol. The third-order valence-corrected chi connectivity index (χ3v) is 3.99. The minimum atomic E-state index is 0.0907. The minimum Gasteiger partial charge on any atom is -0.508 e. The monoisotopic (exact) mass is 333 g/mol. The molecule has 0 heterocycles. The van der Waals surface area contributed by atoms with Crippen molar-refractivity contribution < 1.29 is 5.11 Å². The second-order valence-electron chi connectivity index (χ2n) is 5.13. The summed E-state index contributed by atoms with van der Waals surface area (Å²) in [4.78, 5) is 0. The van der Waals surface area contributed by atoms with Crippen LogP contribution in [-0.2, 0) is 0 Å². The normalized spacial score (nSPS) is 12.2. The summed E-state index contributed by atoms with van der Waals surface area (Å²) < 4.78 is 0.978. The van der Waals surface area contributed by atoms with Gasteiger partial charge in [-0.15, -0.1) is 0 Å². The summed E-state index contributed by atoms with van der Waals surface area (Å²) in [6.07, 6.45) is 0.900. The zero-order chi connectivity index (χ0) is 14.7. The number of nitrogens with one attached hydrogen (secondary N) is 1. The number of phenolic OH excluding ortho intramolecular Hbond substituents is 1. The quantitative estimate of drug-likeness (QED) is 0.791. The molecule has 0 aliphatic heterocycles. The largest absolute Gasteiger partial charge is 0.508 e. The van der Waals surface area contributed by atoms with Gasteiger partial charge in [0, 0.05) is 15.7 Å². The van der Waals surface area contributed by atoms with Gasteiger partial charge in [0.15, 0.2) is 0 Å². The zero-order valence-corrected chi connectivity index (χ0v) is 13.7. The first-order valence-electron chi connectivity index (χ1n) is 6.83. The number of hydrogen-bond donors (Lipinski definition) is 2. The summed E-state index contributed by atoms with van der Waals surface area (Å²) in [6.45, 7) is 6.29. The highest BCUT2D eigenvalue weighted by atomic mass is 79.9. The molecular formula is C17H20BrNO. The molecule has 2 aromatic carbocycles. The Kier molecular flexibility index (Phi) is 4.71. The standard InChI is InChI=1S/C17H20BrNO/c1-4-15(14-10-13(18)7-8-17(14)20)19-16-9-11(2)5-6-12(16)3/h5-10,15,19-20H,4H2,1-3H3. The van der Waals surface area contributed by atoms with Crippen molar-refractivity contribution in [3.05, 3.63) is 57.6 Å². The highest BCUT2D eigenvalue weighted by Gasteiger charge is 2.14. The summed E-state index contributed by atoms with van der Waals surface area (Å²) in [5.41, 5.74) is 4.48. The molecule has 2 nitrogen and oxygen atoms in total. The molecule has 0 fully saturated rings. The van der Waals surface area contributed by atoms with Crippen LogP contribution in [0.2, 0.25) is 0 Å². The Hall–Kier alpha value is -1.48. The van der Waals surface area contributed by atoms with Crippen molar-refractivity contribution in [2.75, 3.05) is 5.32 Å². The number of benzene rings is 2. The van der Waals surface area contributed by atoms with E-state index in [2.05, 4.69) is 60.2 Å². The summed E-state index contributed by atoms with van der Waals surface area (Å²) in [7, 11) is 0. The third kappa shape index (κ3) is 3.34. The van der Waals surface area contributed by atoms with Gasteiger partial charge in [-0.3, -0.25) is 0 Å². The first kappa shape index (κ1) is 14.9. The summed E-state index contributed by atoms with van der Waals surface area (Å²) in [5, 5.41) is 13.6. The average Bonchev–Trinajstić information content (AvgIpc) is 2.42. The molecule has 1 atom stereocenters. The second kappa shape index (κ2) is 6.31. The maximum Gasteiger partial charge on any atom is 0.120 e. The van der Waals surface area contributed by atoms with Gasteiger partial charge >= 0.3 is 0 Å². The van der Waals surface area contributed by atoms with Crippen LogP contribution in [0.3, 0.4) is 0 Å². The van der Waals surface area contributed by atoms with Crippen molar-refractivity contribution in [1.82, 2.24) is 0 Å². The molecule has 0 bridgehead atoms. The van der Waals surface area contributed by atoms with Gasteiger partial charge in [0.2, 0.25) is 0 Å². The molecule has 2 rings (SSSR count). The van der Waals surface area contributed by atoms with E-state index in [-0.39, 0.29) is 6.04 Å². The minimum absolute atomic E-state index is 0.0907. The number of aryl methyl sites for hydroxylation is 2. The Morgan fingerprint density at radius 3 is 2.60 bits per heavy atom. The Balaban J connectivity index is 2.33. The summed E-state index contributed by atoms with van der Waals surface area (Å²) in [6, 6.07) is 12.0. The van der Waals surface area contributed by atoms with E-state index in [0.29, 0.717) is 5.75 Å². The van der Waals surface area contributed by atoms with E-state index < -0.39 is 0 Å². The lowest BCUT2D eigenvalue weighted by Gasteiger charge is -2.21. The topological polar surface area (TPSA) is 32.3 Å². The van der Waals surface area contributed by atoms with Gasteiger partial charge in [-0.2, -0.15) is 0 Å². The molecule has 2 aromatic rings. The Labute approximate surface area is 129 Å². The fourth-order valence-electron chi connectivity index (χ4n) is 2.28. The highest BCUT2D eigenvalue weighted by molar-refractivity contribution is 9.10. The Bertz CT molecular complexity index is 610. The fourth-order valence-corrected chi connectivity index (χ4v) is 2.66. The maximum absolute atomic E-state index is 10.1. The van der Waals surface area contributed by atoms with Gasteiger partial charge in [-0.25, -0.2) is 0 Å². The van der Waals surface area contributed by atoms with Gasteiger partial charge in [-0.05, 0) is 55.7 Å². The first-order valence-corrected chi connectivity index (χ1v) is 7.62. The molecule has 0 spiro atoms. The smallest absolute Gasteiger partial charge is 0.120 e. The zero-order valence-electron chi connectivity index (χ0n) is 12.1. The summed E-state index contributed by atoms with van der Waals surface area (Å²) >= 11 is 3.47. The van der Waals surface area contributed by atoms with Crippen molar-refractivity contribution in [3.63, 3.8) is 0 Å². The van der Waals surface area contributed by atoms with E-state index in [4.69, 9.17) is 0 Å². The van der Waals surface area contributed by atoms with E-state index >= 15 is 0 Å². The Morgan fingerprint density at radius 2 is 1.90 bits per heavy atom. The van der Waals surface area contributed by atoms with Crippen molar-refractivity contribution in [2.24, 2.45) is 0 Å². The van der Waals surface area contributed by atoms with Gasteiger partial charge in [0.05, 0.1) is 6.04 Å². The molecular weight excluding hydrogens is 314 g/mol. The first-order chi connectivity index (χ1) is 9.51. The van der Waals surface area contributed by atoms with Gasteiger partial charge < -0.3 is 10.4 Å². The van der Waals surface area contributed by atoms with Crippen molar-refractivity contribution in [3.8, 4) is 5.75 Å². The second-order valence-corrected chi connectivity index (χ2v) is 6.04. The Morgan fingerprint density at radius 1 is 1.15 bits per heavy atom. The molecule has 2 N–H and O–H groups in total. The van der Waals surface area contributed by atoms with Crippen LogP contribution < -0.4 is 5.32 Å². The predicted octanol–water partition coefficient (Wildman–Crippen LogP) is 5.33. The van der Waals surface area contributed by atoms with Gasteiger partial charge in [-0.1, -0.05) is 35.0 Å². The van der Waals surface area contributed by atoms with Gasteiger partial charge in [0.1, 0.15) is 5.75 Å². The van der Waals surface area contributed by atoms with Crippen LogP contribution in [0, 0.1) is 13.8 Å². The maximum atomic E-state index is 10.1. The molecule has 20 heavy (non-hydrogen) atoms. The summed E-state index contributed by atoms with van der Waals surface area (Å²) in [5.74, 6) is 0.331. The van der Waals surface area contributed by atoms with Crippen molar-refractivity contribution >= 4 is 21.6 Å². The van der Waals surface area contributed by atoms with Crippen LogP contribution >= 0.6 is 15.9 Å². The number of hydrogen-bond acceptors (Lipinski definition) is 2. The van der Waals surface area contributed by atoms with Crippen LogP contribution in [0.1, 0.15) is 36.1 Å². The molecule has 0 saturated heterocycles. The van der Waals surface area contributed by atoms with Gasteiger partial charge in [0.25, 0.3) is 0 Å².